The van der Waals surface area contributed by atoms with Crippen molar-refractivity contribution in [3.05, 3.63) is 13.6 Å². The molecule has 1 atom stereocenters. The number of carboxylic acid groups (broad SMARTS) is 1. The number of hydrogen-bond acceptors (Lipinski definition) is 5. The van der Waals surface area contributed by atoms with Gasteiger partial charge in [-0.3, -0.25) is 4.79 Å². The van der Waals surface area contributed by atoms with E-state index in [0.29, 0.717) is 7.57 Å². The SMILES string of the molecule is O=C(O)[C@H](CCO)NS(=O)(=O)c1cc(Br)sc1Br. The van der Waals surface area contributed by atoms with E-state index in [-0.39, 0.29) is 11.3 Å². The van der Waals surface area contributed by atoms with Gasteiger partial charge in [0.15, 0.2) is 0 Å². The molecule has 102 valence electrons. The van der Waals surface area contributed by atoms with E-state index in [2.05, 4.69) is 31.9 Å². The summed E-state index contributed by atoms with van der Waals surface area (Å²) in [7, 11) is -3.94. The lowest BCUT2D eigenvalue weighted by atomic mass is 10.2. The number of aliphatic hydroxyl groups is 1. The molecule has 3 N–H and O–H groups in total. The Kier molecular flexibility index (Phi) is 5.74. The van der Waals surface area contributed by atoms with Crippen molar-refractivity contribution in [2.75, 3.05) is 6.61 Å². The maximum Gasteiger partial charge on any atom is 0.321 e. The van der Waals surface area contributed by atoms with Gasteiger partial charge in [0.05, 0.1) is 7.57 Å². The Morgan fingerprint density at radius 1 is 1.50 bits per heavy atom. The summed E-state index contributed by atoms with van der Waals surface area (Å²) in [6.45, 7) is -0.423. The van der Waals surface area contributed by atoms with Gasteiger partial charge in [0.25, 0.3) is 0 Å². The van der Waals surface area contributed by atoms with Crippen LogP contribution in [0.5, 0.6) is 0 Å². The highest BCUT2D eigenvalue weighted by molar-refractivity contribution is 9.12. The molecule has 0 spiro atoms. The summed E-state index contributed by atoms with van der Waals surface area (Å²) in [5.41, 5.74) is 0. The Morgan fingerprint density at radius 3 is 2.50 bits per heavy atom. The zero-order valence-corrected chi connectivity index (χ0v) is 13.6. The normalized spacial score (nSPS) is 13.5. The maximum atomic E-state index is 12.0. The molecular weight excluding hydrogens is 414 g/mol. The van der Waals surface area contributed by atoms with Crippen LogP contribution in [0.25, 0.3) is 0 Å². The third-order valence-corrected chi connectivity index (χ3v) is 6.15. The molecule has 18 heavy (non-hydrogen) atoms. The van der Waals surface area contributed by atoms with Crippen LogP contribution in [-0.4, -0.2) is 37.2 Å². The van der Waals surface area contributed by atoms with Crippen LogP contribution in [0.1, 0.15) is 6.42 Å². The second-order valence-electron chi connectivity index (χ2n) is 3.21. The van der Waals surface area contributed by atoms with Crippen molar-refractivity contribution in [3.8, 4) is 0 Å². The summed E-state index contributed by atoms with van der Waals surface area (Å²) in [6, 6.07) is 0.0140. The van der Waals surface area contributed by atoms with Gasteiger partial charge in [0.1, 0.15) is 10.9 Å². The molecule has 0 fully saturated rings. The number of sulfonamides is 1. The number of rotatable bonds is 6. The summed E-state index contributed by atoms with van der Waals surface area (Å²) < 4.78 is 26.9. The van der Waals surface area contributed by atoms with E-state index in [1.807, 2.05) is 4.72 Å². The van der Waals surface area contributed by atoms with Gasteiger partial charge in [0, 0.05) is 6.61 Å². The van der Waals surface area contributed by atoms with E-state index >= 15 is 0 Å². The fraction of sp³-hybridized carbons (Fsp3) is 0.375. The Morgan fingerprint density at radius 2 is 2.11 bits per heavy atom. The Labute approximate surface area is 124 Å². The average molecular weight is 423 g/mol. The Hall–Kier alpha value is -0.000000000000000333. The van der Waals surface area contributed by atoms with E-state index in [0.717, 1.165) is 11.3 Å². The van der Waals surface area contributed by atoms with E-state index in [4.69, 9.17) is 10.2 Å². The molecule has 0 bridgehead atoms. The summed E-state index contributed by atoms with van der Waals surface area (Å²) in [5, 5.41) is 17.5. The number of thiophene rings is 1. The molecule has 10 heteroatoms. The zero-order valence-electron chi connectivity index (χ0n) is 8.76. The fourth-order valence-electron chi connectivity index (χ4n) is 1.12. The molecule has 1 heterocycles. The molecule has 0 saturated heterocycles. The van der Waals surface area contributed by atoms with Crippen molar-refractivity contribution in [1.82, 2.24) is 4.72 Å². The monoisotopic (exact) mass is 421 g/mol. The van der Waals surface area contributed by atoms with Gasteiger partial charge >= 0.3 is 5.97 Å². The standard InChI is InChI=1S/C8H9Br2NO5S2/c9-6-3-5(7(10)17-6)18(15,16)11-4(1-2-12)8(13)14/h3-4,11-12H,1-2H2,(H,13,14)/t4-/m0/s1. The average Bonchev–Trinajstić information content (AvgIpc) is 2.57. The minimum atomic E-state index is -3.94. The molecule has 0 aliphatic carbocycles. The minimum absolute atomic E-state index is 0.0384. The quantitative estimate of drug-likeness (QED) is 0.642. The molecule has 0 aliphatic rings. The highest BCUT2D eigenvalue weighted by atomic mass is 79.9. The van der Waals surface area contributed by atoms with Crippen LogP contribution in [0, 0.1) is 0 Å². The maximum absolute atomic E-state index is 12.0. The lowest BCUT2D eigenvalue weighted by molar-refractivity contribution is -0.139. The molecular formula is C8H9Br2NO5S2. The molecule has 6 nitrogen and oxygen atoms in total. The van der Waals surface area contributed by atoms with Crippen molar-refractivity contribution < 1.29 is 23.4 Å². The van der Waals surface area contributed by atoms with Crippen molar-refractivity contribution in [2.45, 2.75) is 17.4 Å². The molecule has 0 unspecified atom stereocenters. The van der Waals surface area contributed by atoms with Gasteiger partial charge in [-0.1, -0.05) is 0 Å². The van der Waals surface area contributed by atoms with Gasteiger partial charge in [-0.15, -0.1) is 11.3 Å². The molecule has 0 aliphatic heterocycles. The molecule has 1 aromatic heterocycles. The van der Waals surface area contributed by atoms with E-state index in [1.54, 1.807) is 0 Å². The first kappa shape index (κ1) is 16.1. The summed E-state index contributed by atoms with van der Waals surface area (Å²) >= 11 is 7.40. The van der Waals surface area contributed by atoms with E-state index in [1.165, 1.54) is 6.07 Å². The van der Waals surface area contributed by atoms with Gasteiger partial charge in [-0.2, -0.15) is 4.72 Å². The van der Waals surface area contributed by atoms with Gasteiger partial charge < -0.3 is 10.2 Å². The van der Waals surface area contributed by atoms with E-state index in [9.17, 15) is 13.2 Å². The molecule has 0 saturated carbocycles. The minimum Gasteiger partial charge on any atom is -0.480 e. The molecule has 0 aromatic carbocycles. The van der Waals surface area contributed by atoms with Crippen LogP contribution in [0.15, 0.2) is 18.5 Å². The Bertz CT molecular complexity index is 542. The summed E-state index contributed by atoms with van der Waals surface area (Å²) in [4.78, 5) is 10.8. The van der Waals surface area contributed by atoms with Crippen LogP contribution in [0.2, 0.25) is 0 Å². The highest BCUT2D eigenvalue weighted by Gasteiger charge is 2.27. The topological polar surface area (TPSA) is 104 Å². The highest BCUT2D eigenvalue weighted by Crippen LogP contribution is 2.34. The number of aliphatic carboxylic acids is 1. The van der Waals surface area contributed by atoms with Crippen molar-refractivity contribution >= 4 is 59.2 Å². The number of hydrogen-bond donors (Lipinski definition) is 3. The summed E-state index contributed by atoms with van der Waals surface area (Å²) in [5.74, 6) is -1.34. The van der Waals surface area contributed by atoms with Crippen LogP contribution < -0.4 is 4.72 Å². The first-order chi connectivity index (χ1) is 8.27. The zero-order chi connectivity index (χ0) is 13.9. The van der Waals surface area contributed by atoms with Crippen LogP contribution in [0.4, 0.5) is 0 Å². The summed E-state index contributed by atoms with van der Waals surface area (Å²) in [6.07, 6.45) is -0.197. The number of carbonyl (C=O) groups is 1. The largest absolute Gasteiger partial charge is 0.480 e. The number of carboxylic acids is 1. The molecule has 0 amide bonds. The first-order valence-electron chi connectivity index (χ1n) is 4.58. The second-order valence-corrected chi connectivity index (χ2v) is 8.64. The third-order valence-electron chi connectivity index (χ3n) is 1.93. The lowest BCUT2D eigenvalue weighted by Crippen LogP contribution is -2.41. The fourth-order valence-corrected chi connectivity index (χ4v) is 6.16. The van der Waals surface area contributed by atoms with Gasteiger partial charge in [-0.05, 0) is 44.3 Å². The third kappa shape index (κ3) is 4.00. The smallest absolute Gasteiger partial charge is 0.321 e. The predicted octanol–water partition coefficient (Wildman–Crippen LogP) is 1.39. The van der Waals surface area contributed by atoms with Gasteiger partial charge in [0.2, 0.25) is 10.0 Å². The first-order valence-corrected chi connectivity index (χ1v) is 8.47. The molecule has 0 radical (unpaired) electrons. The molecule has 1 rings (SSSR count). The number of nitrogens with one attached hydrogen (secondary N) is 1. The number of aliphatic hydroxyl groups excluding tert-OH is 1. The second kappa shape index (κ2) is 6.44. The van der Waals surface area contributed by atoms with Crippen molar-refractivity contribution in [1.29, 1.82) is 0 Å². The van der Waals surface area contributed by atoms with Gasteiger partial charge in [-0.25, -0.2) is 8.42 Å². The van der Waals surface area contributed by atoms with Crippen molar-refractivity contribution in [3.63, 3.8) is 0 Å². The number of halogens is 2. The van der Waals surface area contributed by atoms with Crippen LogP contribution >= 0.6 is 43.2 Å². The van der Waals surface area contributed by atoms with Crippen LogP contribution in [0.3, 0.4) is 0 Å². The van der Waals surface area contributed by atoms with Crippen LogP contribution in [-0.2, 0) is 14.8 Å². The van der Waals surface area contributed by atoms with E-state index < -0.39 is 28.6 Å². The molecule has 1 aromatic rings. The Balaban J connectivity index is 3.00. The lowest BCUT2D eigenvalue weighted by Gasteiger charge is -2.13. The van der Waals surface area contributed by atoms with Crippen molar-refractivity contribution in [2.24, 2.45) is 0 Å². The predicted molar refractivity (Wildman–Crippen MR) is 73.2 cm³/mol.